The first-order valence-corrected chi connectivity index (χ1v) is 8.02. The van der Waals surface area contributed by atoms with Crippen molar-refractivity contribution in [1.29, 1.82) is 0 Å². The Balaban J connectivity index is 1.70. The molecule has 23 heavy (non-hydrogen) atoms. The minimum absolute atomic E-state index is 0.129. The van der Waals surface area contributed by atoms with Crippen LogP contribution in [-0.4, -0.2) is 39.0 Å². The molecule has 122 valence electrons. The zero-order valence-electron chi connectivity index (χ0n) is 13.9. The topological polar surface area (TPSA) is 72.1 Å². The molecule has 3 rings (SSSR count). The van der Waals surface area contributed by atoms with Crippen LogP contribution in [0.5, 0.6) is 0 Å². The van der Waals surface area contributed by atoms with Gasteiger partial charge in [-0.1, -0.05) is 5.16 Å². The van der Waals surface area contributed by atoms with Crippen LogP contribution in [-0.2, 0) is 11.2 Å². The number of nitrogens with zero attached hydrogens (tertiary/aromatic N) is 4. The average Bonchev–Trinajstić information content (AvgIpc) is 2.87. The van der Waals surface area contributed by atoms with Crippen molar-refractivity contribution in [3.8, 4) is 0 Å². The van der Waals surface area contributed by atoms with E-state index in [2.05, 4.69) is 15.1 Å². The Hall–Kier alpha value is -2.24. The van der Waals surface area contributed by atoms with E-state index in [0.717, 1.165) is 47.8 Å². The van der Waals surface area contributed by atoms with Crippen molar-refractivity contribution in [2.24, 2.45) is 0 Å². The molecule has 0 N–H and O–H groups in total. The van der Waals surface area contributed by atoms with Crippen molar-refractivity contribution in [2.45, 2.75) is 46.0 Å². The van der Waals surface area contributed by atoms with Crippen molar-refractivity contribution >= 4 is 5.91 Å². The quantitative estimate of drug-likeness (QED) is 0.869. The van der Waals surface area contributed by atoms with Gasteiger partial charge in [-0.15, -0.1) is 0 Å². The Morgan fingerprint density at radius 1 is 1.35 bits per heavy atom. The van der Waals surface area contributed by atoms with Crippen molar-refractivity contribution in [1.82, 2.24) is 20.0 Å². The van der Waals surface area contributed by atoms with Gasteiger partial charge in [-0.25, -0.2) is 0 Å². The van der Waals surface area contributed by atoms with Crippen LogP contribution < -0.4 is 0 Å². The summed E-state index contributed by atoms with van der Waals surface area (Å²) in [6.45, 7) is 7.18. The molecule has 0 aromatic carbocycles. The van der Waals surface area contributed by atoms with Crippen molar-refractivity contribution in [2.75, 3.05) is 13.1 Å². The number of carbonyl (C=O) groups is 1. The van der Waals surface area contributed by atoms with Gasteiger partial charge in [-0.3, -0.25) is 14.8 Å². The molecule has 1 aliphatic rings. The van der Waals surface area contributed by atoms with E-state index < -0.39 is 0 Å². The molecule has 2 aromatic heterocycles. The van der Waals surface area contributed by atoms with Crippen LogP contribution in [0.2, 0.25) is 0 Å². The van der Waals surface area contributed by atoms with Gasteiger partial charge in [0.15, 0.2) is 0 Å². The summed E-state index contributed by atoms with van der Waals surface area (Å²) in [5.41, 5.74) is 3.61. The molecular weight excluding hydrogens is 292 g/mol. The van der Waals surface area contributed by atoms with Crippen LogP contribution in [0.15, 0.2) is 16.9 Å². The fraction of sp³-hybridized carbons (Fsp3) is 0.529. The molecule has 1 saturated heterocycles. The van der Waals surface area contributed by atoms with Gasteiger partial charge in [0.05, 0.1) is 23.5 Å². The van der Waals surface area contributed by atoms with E-state index in [1.54, 1.807) is 6.20 Å². The Morgan fingerprint density at radius 2 is 2.17 bits per heavy atom. The number of amides is 1. The molecular formula is C17H22N4O2. The molecule has 1 aliphatic heterocycles. The lowest BCUT2D eigenvalue weighted by Crippen LogP contribution is -2.40. The number of rotatable bonds is 3. The van der Waals surface area contributed by atoms with Gasteiger partial charge in [0.1, 0.15) is 5.76 Å². The minimum atomic E-state index is 0.129. The molecule has 6 nitrogen and oxygen atoms in total. The van der Waals surface area contributed by atoms with E-state index in [0.29, 0.717) is 13.0 Å². The van der Waals surface area contributed by atoms with Crippen LogP contribution in [0.3, 0.4) is 0 Å². The summed E-state index contributed by atoms with van der Waals surface area (Å²) in [4.78, 5) is 23.4. The minimum Gasteiger partial charge on any atom is -0.361 e. The van der Waals surface area contributed by atoms with Crippen LogP contribution in [0.25, 0.3) is 0 Å². The summed E-state index contributed by atoms with van der Waals surface area (Å²) in [6.07, 6.45) is 5.97. The van der Waals surface area contributed by atoms with Gasteiger partial charge < -0.3 is 9.42 Å². The Morgan fingerprint density at radius 3 is 2.87 bits per heavy atom. The predicted octanol–water partition coefficient (Wildman–Crippen LogP) is 2.34. The first kappa shape index (κ1) is 15.6. The predicted molar refractivity (Wildman–Crippen MR) is 85.0 cm³/mol. The lowest BCUT2D eigenvalue weighted by Gasteiger charge is -2.32. The standard InChI is InChI=1S/C17H22N4O2/c1-11-8-18-9-16(19-11)14-5-4-6-21(10-14)17(22)7-15-12(2)20-23-13(15)3/h8-9,14H,4-7,10H2,1-3H3/t14-/m0/s1. The number of aromatic nitrogens is 3. The number of hydrogen-bond acceptors (Lipinski definition) is 5. The summed E-state index contributed by atoms with van der Waals surface area (Å²) < 4.78 is 5.15. The third-order valence-corrected chi connectivity index (χ3v) is 4.48. The molecule has 1 atom stereocenters. The maximum atomic E-state index is 12.6. The normalized spacial score (nSPS) is 18.2. The first-order chi connectivity index (χ1) is 11.0. The van der Waals surface area contributed by atoms with Gasteiger partial charge in [0.2, 0.25) is 5.91 Å². The smallest absolute Gasteiger partial charge is 0.227 e. The lowest BCUT2D eigenvalue weighted by atomic mass is 9.94. The van der Waals surface area contributed by atoms with Gasteiger partial charge in [-0.05, 0) is 33.6 Å². The fourth-order valence-electron chi connectivity index (χ4n) is 3.14. The monoisotopic (exact) mass is 314 g/mol. The number of hydrogen-bond donors (Lipinski definition) is 0. The SMILES string of the molecule is Cc1cncc([C@H]2CCCN(C(=O)Cc3c(C)noc3C)C2)n1. The third-order valence-electron chi connectivity index (χ3n) is 4.48. The number of aryl methyl sites for hydroxylation is 3. The number of carbonyl (C=O) groups excluding carboxylic acids is 1. The third kappa shape index (κ3) is 3.41. The van der Waals surface area contributed by atoms with Gasteiger partial charge in [0, 0.05) is 37.0 Å². The zero-order valence-corrected chi connectivity index (χ0v) is 13.9. The van der Waals surface area contributed by atoms with Crippen LogP contribution >= 0.6 is 0 Å². The van der Waals surface area contributed by atoms with E-state index >= 15 is 0 Å². The molecule has 1 fully saturated rings. The second-order valence-electron chi connectivity index (χ2n) is 6.24. The van der Waals surface area contributed by atoms with Gasteiger partial charge in [-0.2, -0.15) is 0 Å². The van der Waals surface area contributed by atoms with Crippen molar-refractivity contribution in [3.05, 3.63) is 40.8 Å². The molecule has 0 unspecified atom stereocenters. The maximum absolute atomic E-state index is 12.6. The number of piperidine rings is 1. The molecule has 0 spiro atoms. The van der Waals surface area contributed by atoms with Crippen LogP contribution in [0, 0.1) is 20.8 Å². The van der Waals surface area contributed by atoms with E-state index in [9.17, 15) is 4.79 Å². The summed E-state index contributed by atoms with van der Waals surface area (Å²) >= 11 is 0. The van der Waals surface area contributed by atoms with Crippen molar-refractivity contribution < 1.29 is 9.32 Å². The zero-order chi connectivity index (χ0) is 16.4. The molecule has 0 aliphatic carbocycles. The molecule has 0 saturated carbocycles. The number of likely N-dealkylation sites (tertiary alicyclic amines) is 1. The average molecular weight is 314 g/mol. The molecule has 2 aromatic rings. The molecule has 6 heteroatoms. The first-order valence-electron chi connectivity index (χ1n) is 8.02. The Bertz CT molecular complexity index is 691. The van der Waals surface area contributed by atoms with E-state index in [1.165, 1.54) is 0 Å². The summed E-state index contributed by atoms with van der Waals surface area (Å²) in [5, 5.41) is 3.92. The highest BCUT2D eigenvalue weighted by atomic mass is 16.5. The largest absolute Gasteiger partial charge is 0.361 e. The Kier molecular flexibility index (Phi) is 4.41. The van der Waals surface area contributed by atoms with Gasteiger partial charge >= 0.3 is 0 Å². The van der Waals surface area contributed by atoms with E-state index in [4.69, 9.17) is 4.52 Å². The van der Waals surface area contributed by atoms with Crippen molar-refractivity contribution in [3.63, 3.8) is 0 Å². The van der Waals surface area contributed by atoms with E-state index in [1.807, 2.05) is 31.9 Å². The Labute approximate surface area is 135 Å². The van der Waals surface area contributed by atoms with E-state index in [-0.39, 0.29) is 11.8 Å². The summed E-state index contributed by atoms with van der Waals surface area (Å²) in [6, 6.07) is 0. The summed E-state index contributed by atoms with van der Waals surface area (Å²) in [5.74, 6) is 1.13. The summed E-state index contributed by atoms with van der Waals surface area (Å²) in [7, 11) is 0. The molecule has 0 bridgehead atoms. The lowest BCUT2D eigenvalue weighted by molar-refractivity contribution is -0.131. The molecule has 1 amide bonds. The van der Waals surface area contributed by atoms with Gasteiger partial charge in [0.25, 0.3) is 0 Å². The highest BCUT2D eigenvalue weighted by molar-refractivity contribution is 5.79. The highest BCUT2D eigenvalue weighted by Crippen LogP contribution is 2.26. The second kappa shape index (κ2) is 6.48. The van der Waals surface area contributed by atoms with Crippen LogP contribution in [0.1, 0.15) is 47.2 Å². The molecule has 3 heterocycles. The molecule has 0 radical (unpaired) electrons. The van der Waals surface area contributed by atoms with Crippen LogP contribution in [0.4, 0.5) is 0 Å². The maximum Gasteiger partial charge on any atom is 0.227 e. The highest BCUT2D eigenvalue weighted by Gasteiger charge is 2.27. The second-order valence-corrected chi connectivity index (χ2v) is 6.24. The fourth-order valence-corrected chi connectivity index (χ4v) is 3.14.